The van der Waals surface area contributed by atoms with E-state index in [1.54, 1.807) is 0 Å². The second-order valence-corrected chi connectivity index (χ2v) is 3.16. The van der Waals surface area contributed by atoms with Crippen LogP contribution in [0.4, 0.5) is 0 Å². The van der Waals surface area contributed by atoms with E-state index in [1.165, 1.54) is 0 Å². The molecule has 0 aromatic carbocycles. The maximum absolute atomic E-state index is 9.28. The molecule has 4 heteroatoms. The summed E-state index contributed by atoms with van der Waals surface area (Å²) in [6.07, 6.45) is -0.734. The average Bonchev–Trinajstić information content (AvgIpc) is 2.80. The van der Waals surface area contributed by atoms with Gasteiger partial charge in [0.1, 0.15) is 30.0 Å². The van der Waals surface area contributed by atoms with Crippen molar-refractivity contribution in [3.05, 3.63) is 0 Å². The van der Waals surface area contributed by atoms with Gasteiger partial charge >= 0.3 is 0 Å². The molecule has 2 aliphatic heterocycles. The van der Waals surface area contributed by atoms with Crippen molar-refractivity contribution < 1.29 is 19.7 Å². The van der Waals surface area contributed by atoms with E-state index in [4.69, 9.17) is 14.6 Å². The summed E-state index contributed by atoms with van der Waals surface area (Å²) in [5.41, 5.74) is -0.510. The fraction of sp³-hybridized carbons (Fsp3) is 1.00. The zero-order chi connectivity index (χ0) is 6.93. The molecule has 4 nitrogen and oxygen atoms in total. The van der Waals surface area contributed by atoms with Crippen LogP contribution in [0.15, 0.2) is 0 Å². The summed E-state index contributed by atoms with van der Waals surface area (Å²) in [4.78, 5) is 0. The molecule has 0 aromatic heterocycles. The molecule has 0 bridgehead atoms. The molecule has 2 N–H and O–H groups in total. The van der Waals surface area contributed by atoms with Crippen molar-refractivity contribution in [2.24, 2.45) is 0 Å². The average molecular weight is 144 g/mol. The van der Waals surface area contributed by atoms with Gasteiger partial charge in [0.25, 0.3) is 0 Å². The Labute approximate surface area is 57.4 Å². The van der Waals surface area contributed by atoms with E-state index < -0.39 is 11.7 Å². The maximum atomic E-state index is 9.28. The van der Waals surface area contributed by atoms with Gasteiger partial charge in [-0.15, -0.1) is 0 Å². The highest BCUT2D eigenvalue weighted by Gasteiger charge is 2.81. The van der Waals surface area contributed by atoms with Gasteiger partial charge < -0.3 is 19.7 Å². The normalized spacial score (nSPS) is 69.0. The molecule has 0 spiro atoms. The third-order valence-corrected chi connectivity index (χ3v) is 2.67. The lowest BCUT2D eigenvalue weighted by Crippen LogP contribution is -2.25. The van der Waals surface area contributed by atoms with Crippen molar-refractivity contribution in [2.45, 2.75) is 30.0 Å². The summed E-state index contributed by atoms with van der Waals surface area (Å²) in [7, 11) is 0. The minimum Gasteiger partial charge on any atom is -0.393 e. The summed E-state index contributed by atoms with van der Waals surface area (Å²) in [5, 5.41) is 18.2. The van der Waals surface area contributed by atoms with Crippen molar-refractivity contribution in [1.29, 1.82) is 0 Å². The lowest BCUT2D eigenvalue weighted by Gasteiger charge is -2.00. The van der Waals surface area contributed by atoms with Gasteiger partial charge in [-0.25, -0.2) is 0 Å². The molecule has 3 fully saturated rings. The number of ether oxygens (including phenoxy) is 2. The third-order valence-electron chi connectivity index (χ3n) is 2.67. The molecule has 1 unspecified atom stereocenters. The predicted octanol–water partition coefficient (Wildman–Crippen LogP) is -1.74. The second kappa shape index (κ2) is 1.25. The number of fused-ring (bicyclic) bond motifs is 3. The molecular weight excluding hydrogens is 136 g/mol. The van der Waals surface area contributed by atoms with E-state index >= 15 is 0 Å². The molecule has 2 saturated heterocycles. The Balaban J connectivity index is 1.94. The van der Waals surface area contributed by atoms with Crippen molar-refractivity contribution in [3.8, 4) is 0 Å². The second-order valence-electron chi connectivity index (χ2n) is 3.16. The first kappa shape index (κ1) is 5.49. The minimum absolute atomic E-state index is 0.0301. The highest BCUT2D eigenvalue weighted by molar-refractivity contribution is 5.28. The first-order valence-electron chi connectivity index (χ1n) is 3.42. The van der Waals surface area contributed by atoms with Crippen LogP contribution >= 0.6 is 0 Å². The van der Waals surface area contributed by atoms with Gasteiger partial charge in [-0.2, -0.15) is 0 Å². The van der Waals surface area contributed by atoms with Gasteiger partial charge in [-0.3, -0.25) is 0 Å². The number of aliphatic hydroxyl groups is 2. The Hall–Kier alpha value is -0.160. The van der Waals surface area contributed by atoms with Crippen LogP contribution in [0.5, 0.6) is 0 Å². The molecular formula is C6H8O4. The predicted molar refractivity (Wildman–Crippen MR) is 29.4 cm³/mol. The molecule has 2 heterocycles. The van der Waals surface area contributed by atoms with Gasteiger partial charge in [0.05, 0.1) is 6.61 Å². The van der Waals surface area contributed by atoms with Gasteiger partial charge in [0.15, 0.2) is 0 Å². The van der Waals surface area contributed by atoms with Crippen LogP contribution in [0.3, 0.4) is 0 Å². The summed E-state index contributed by atoms with van der Waals surface area (Å²) < 4.78 is 10.2. The zero-order valence-electron chi connectivity index (χ0n) is 5.23. The molecule has 0 radical (unpaired) electrons. The Morgan fingerprint density at radius 2 is 2.20 bits per heavy atom. The maximum Gasteiger partial charge on any atom is 0.149 e. The van der Waals surface area contributed by atoms with Crippen LogP contribution in [-0.4, -0.2) is 46.8 Å². The molecule has 1 saturated carbocycles. The number of hydrogen-bond acceptors (Lipinski definition) is 4. The quantitative estimate of drug-likeness (QED) is 0.429. The Bertz CT molecular complexity index is 190. The molecule has 3 rings (SSSR count). The number of hydrogen-bond donors (Lipinski definition) is 2. The standard InChI is InChI=1S/C6H8O4/c7-1-6-4(10-6)2(8)3-5(6)9-3/h2-5,7-8H,1H2/t2-,3-,4?,5-,6+/m0/s1. The van der Waals surface area contributed by atoms with E-state index in [-0.39, 0.29) is 24.9 Å². The van der Waals surface area contributed by atoms with Crippen molar-refractivity contribution >= 4 is 0 Å². The number of rotatable bonds is 1. The summed E-state index contributed by atoms with van der Waals surface area (Å²) in [5.74, 6) is 0. The molecule has 5 atom stereocenters. The molecule has 0 aromatic rings. The van der Waals surface area contributed by atoms with E-state index in [9.17, 15) is 5.11 Å². The molecule has 10 heavy (non-hydrogen) atoms. The van der Waals surface area contributed by atoms with Gasteiger partial charge in [-0.05, 0) is 0 Å². The van der Waals surface area contributed by atoms with Gasteiger partial charge in [0.2, 0.25) is 0 Å². The third kappa shape index (κ3) is 0.362. The van der Waals surface area contributed by atoms with Crippen LogP contribution in [0.2, 0.25) is 0 Å². The fourth-order valence-corrected chi connectivity index (χ4v) is 1.96. The number of aliphatic hydroxyl groups excluding tert-OH is 2. The van der Waals surface area contributed by atoms with Crippen LogP contribution in [0.1, 0.15) is 0 Å². The van der Waals surface area contributed by atoms with Gasteiger partial charge in [0, 0.05) is 0 Å². The van der Waals surface area contributed by atoms with E-state index in [2.05, 4.69) is 0 Å². The smallest absolute Gasteiger partial charge is 0.149 e. The topological polar surface area (TPSA) is 65.5 Å². The van der Waals surface area contributed by atoms with Crippen LogP contribution < -0.4 is 0 Å². The van der Waals surface area contributed by atoms with Crippen LogP contribution in [-0.2, 0) is 9.47 Å². The molecule has 3 aliphatic rings. The monoisotopic (exact) mass is 144 g/mol. The molecule has 1 aliphatic carbocycles. The van der Waals surface area contributed by atoms with Crippen molar-refractivity contribution in [2.75, 3.05) is 6.61 Å². The molecule has 0 amide bonds. The summed E-state index contributed by atoms with van der Waals surface area (Å²) in [6, 6.07) is 0. The highest BCUT2D eigenvalue weighted by Crippen LogP contribution is 2.59. The SMILES string of the molecule is OC[C@@]12OC1[C@@H](O)[C@@H]1O[C@@H]12. The zero-order valence-corrected chi connectivity index (χ0v) is 5.23. The Morgan fingerprint density at radius 1 is 1.40 bits per heavy atom. The van der Waals surface area contributed by atoms with Crippen LogP contribution in [0.25, 0.3) is 0 Å². The van der Waals surface area contributed by atoms with Gasteiger partial charge in [-0.1, -0.05) is 0 Å². The van der Waals surface area contributed by atoms with E-state index in [0.29, 0.717) is 0 Å². The summed E-state index contributed by atoms with van der Waals surface area (Å²) in [6.45, 7) is -0.0319. The highest BCUT2D eigenvalue weighted by atomic mass is 16.7. The summed E-state index contributed by atoms with van der Waals surface area (Å²) >= 11 is 0. The lowest BCUT2D eigenvalue weighted by atomic mass is 10.1. The van der Waals surface area contributed by atoms with E-state index in [0.717, 1.165) is 0 Å². The van der Waals surface area contributed by atoms with Crippen molar-refractivity contribution in [1.82, 2.24) is 0 Å². The molecule has 56 valence electrons. The fourth-order valence-electron chi connectivity index (χ4n) is 1.96. The van der Waals surface area contributed by atoms with E-state index in [1.807, 2.05) is 0 Å². The first-order chi connectivity index (χ1) is 4.79. The van der Waals surface area contributed by atoms with Crippen molar-refractivity contribution in [3.63, 3.8) is 0 Å². The Kier molecular flexibility index (Phi) is 0.686. The lowest BCUT2D eigenvalue weighted by molar-refractivity contribution is 0.103. The van der Waals surface area contributed by atoms with Crippen LogP contribution in [0, 0.1) is 0 Å². The Morgan fingerprint density at radius 3 is 2.60 bits per heavy atom. The number of epoxide rings is 2. The largest absolute Gasteiger partial charge is 0.393 e. The minimum atomic E-state index is -0.510. The first-order valence-corrected chi connectivity index (χ1v) is 3.42.